The van der Waals surface area contributed by atoms with Crippen LogP contribution in [0, 0.1) is 0 Å². The van der Waals surface area contributed by atoms with Crippen molar-refractivity contribution in [3.05, 3.63) is 45.6 Å². The van der Waals surface area contributed by atoms with Gasteiger partial charge in [-0.2, -0.15) is 0 Å². The molecule has 1 aliphatic rings. The first-order valence-electron chi connectivity index (χ1n) is 9.16. The summed E-state index contributed by atoms with van der Waals surface area (Å²) in [5.74, 6) is 1.17. The highest BCUT2D eigenvalue weighted by atomic mass is 32.2. The molecule has 0 spiro atoms. The molecule has 29 heavy (non-hydrogen) atoms. The first-order valence-corrected chi connectivity index (χ1v) is 10.4. The summed E-state index contributed by atoms with van der Waals surface area (Å²) in [5, 5.41) is 0. The van der Waals surface area contributed by atoms with Gasteiger partial charge in [-0.3, -0.25) is 9.59 Å². The van der Waals surface area contributed by atoms with Crippen molar-refractivity contribution in [2.45, 2.75) is 30.8 Å². The molecule has 0 fully saturated rings. The number of aryl methyl sites for hydroxylation is 1. The lowest BCUT2D eigenvalue weighted by atomic mass is 9.96. The summed E-state index contributed by atoms with van der Waals surface area (Å²) in [4.78, 5) is 25.1. The zero-order chi connectivity index (χ0) is 21.1. The smallest absolute Gasteiger partial charge is 0.303 e. The number of hydrogen-bond donors (Lipinski definition) is 0. The number of hydrogen-bond acceptors (Lipinski definition) is 7. The average molecular weight is 416 g/mol. The van der Waals surface area contributed by atoms with Crippen LogP contribution in [0.25, 0.3) is 11.1 Å². The number of ether oxygens (including phenoxy) is 4. The molecule has 0 unspecified atom stereocenters. The van der Waals surface area contributed by atoms with E-state index in [0.29, 0.717) is 40.5 Å². The van der Waals surface area contributed by atoms with Gasteiger partial charge in [0, 0.05) is 18.1 Å². The molecular formula is C22H24O6S. The molecule has 0 heterocycles. The van der Waals surface area contributed by atoms with Crippen LogP contribution < -0.4 is 19.6 Å². The molecule has 0 bridgehead atoms. The fraction of sp³-hybridized carbons (Fsp3) is 0.364. The van der Waals surface area contributed by atoms with Gasteiger partial charge in [-0.25, -0.2) is 0 Å². The van der Waals surface area contributed by atoms with E-state index in [1.54, 1.807) is 33.5 Å². The number of methoxy groups -OCH3 is 3. The molecule has 6 nitrogen and oxygen atoms in total. The Bertz CT molecular complexity index is 1000. The van der Waals surface area contributed by atoms with Gasteiger partial charge < -0.3 is 18.9 Å². The third-order valence-electron chi connectivity index (χ3n) is 4.97. The van der Waals surface area contributed by atoms with E-state index < -0.39 is 12.1 Å². The molecule has 0 aliphatic heterocycles. The van der Waals surface area contributed by atoms with Gasteiger partial charge in [0.1, 0.15) is 6.10 Å². The summed E-state index contributed by atoms with van der Waals surface area (Å²) in [6.07, 6.45) is 2.47. The lowest BCUT2D eigenvalue weighted by molar-refractivity contribution is -0.147. The highest BCUT2D eigenvalue weighted by Crippen LogP contribution is 2.50. The Morgan fingerprint density at radius 3 is 2.38 bits per heavy atom. The number of thioether (sulfide) groups is 1. The van der Waals surface area contributed by atoms with E-state index in [1.165, 1.54) is 18.7 Å². The van der Waals surface area contributed by atoms with E-state index in [1.807, 2.05) is 18.4 Å². The van der Waals surface area contributed by atoms with Gasteiger partial charge in [0.05, 0.1) is 26.2 Å². The Morgan fingerprint density at radius 2 is 1.79 bits per heavy atom. The fourth-order valence-electron chi connectivity index (χ4n) is 3.75. The third-order valence-corrected chi connectivity index (χ3v) is 5.75. The van der Waals surface area contributed by atoms with E-state index in [0.717, 1.165) is 16.7 Å². The maximum atomic E-state index is 12.7. The van der Waals surface area contributed by atoms with Crippen LogP contribution in [0.4, 0.5) is 0 Å². The monoisotopic (exact) mass is 416 g/mol. The van der Waals surface area contributed by atoms with Crippen LogP contribution in [-0.4, -0.2) is 33.6 Å². The van der Waals surface area contributed by atoms with Crippen LogP contribution in [0.3, 0.4) is 0 Å². The summed E-state index contributed by atoms with van der Waals surface area (Å²) in [7, 11) is 4.70. The minimum atomic E-state index is -0.536. The normalized spacial score (nSPS) is 14.9. The van der Waals surface area contributed by atoms with Crippen molar-refractivity contribution in [1.82, 2.24) is 0 Å². The Kier molecular flexibility index (Phi) is 6.37. The predicted molar refractivity (Wildman–Crippen MR) is 112 cm³/mol. The second-order valence-electron chi connectivity index (χ2n) is 6.60. The number of fused-ring (bicyclic) bond motifs is 3. The summed E-state index contributed by atoms with van der Waals surface area (Å²) >= 11 is 1.38. The van der Waals surface area contributed by atoms with Gasteiger partial charge in [-0.15, -0.1) is 11.8 Å². The topological polar surface area (TPSA) is 71.1 Å². The summed E-state index contributed by atoms with van der Waals surface area (Å²) < 4.78 is 22.4. The van der Waals surface area contributed by atoms with E-state index in [2.05, 4.69) is 0 Å². The average Bonchev–Trinajstić information content (AvgIpc) is 2.95. The second-order valence-corrected chi connectivity index (χ2v) is 7.44. The molecule has 3 rings (SSSR count). The van der Waals surface area contributed by atoms with Crippen LogP contribution in [0.15, 0.2) is 34.0 Å². The molecule has 0 N–H and O–H groups in total. The molecule has 1 aliphatic carbocycles. The number of carbonyl (C=O) groups is 1. The molecule has 1 atom stereocenters. The van der Waals surface area contributed by atoms with Crippen LogP contribution in [0.2, 0.25) is 0 Å². The number of rotatable bonds is 5. The molecule has 2 aromatic rings. The quantitative estimate of drug-likeness (QED) is 0.539. The minimum absolute atomic E-state index is 0.112. The van der Waals surface area contributed by atoms with Crippen LogP contribution in [-0.2, 0) is 16.0 Å². The zero-order valence-electron chi connectivity index (χ0n) is 17.2. The summed E-state index contributed by atoms with van der Waals surface area (Å²) in [6, 6.07) is 7.16. The van der Waals surface area contributed by atoms with Crippen molar-refractivity contribution in [2.75, 3.05) is 27.6 Å². The van der Waals surface area contributed by atoms with Gasteiger partial charge in [0.25, 0.3) is 0 Å². The zero-order valence-corrected chi connectivity index (χ0v) is 18.0. The minimum Gasteiger partial charge on any atom is -0.493 e. The van der Waals surface area contributed by atoms with Crippen molar-refractivity contribution in [2.24, 2.45) is 0 Å². The first-order chi connectivity index (χ1) is 13.9. The molecule has 0 amide bonds. The van der Waals surface area contributed by atoms with Gasteiger partial charge in [-0.05, 0) is 48.4 Å². The predicted octanol–water partition coefficient (Wildman–Crippen LogP) is 4.01. The van der Waals surface area contributed by atoms with E-state index >= 15 is 0 Å². The number of esters is 1. The van der Waals surface area contributed by atoms with Gasteiger partial charge >= 0.3 is 5.97 Å². The largest absolute Gasteiger partial charge is 0.493 e. The fourth-order valence-corrected chi connectivity index (χ4v) is 4.22. The van der Waals surface area contributed by atoms with Crippen LogP contribution in [0.5, 0.6) is 17.2 Å². The Hall–Kier alpha value is -2.67. The standard InChI is InChI=1S/C22H24O6S/c1-12(23)28-17-8-6-13-10-18(25-2)21(26-3)22(27-4)20(13)14-7-9-19(29-5)16(24)11-15(14)17/h7,9-11,17H,6,8H2,1-5H3/t17-/m1/s1. The van der Waals surface area contributed by atoms with Gasteiger partial charge in [0.15, 0.2) is 16.9 Å². The number of benzene rings is 1. The summed E-state index contributed by atoms with van der Waals surface area (Å²) in [6.45, 7) is 1.37. The van der Waals surface area contributed by atoms with E-state index in [4.69, 9.17) is 18.9 Å². The maximum absolute atomic E-state index is 12.7. The molecule has 154 valence electrons. The Morgan fingerprint density at radius 1 is 1.07 bits per heavy atom. The van der Waals surface area contributed by atoms with Crippen molar-refractivity contribution in [3.8, 4) is 28.4 Å². The summed E-state index contributed by atoms with van der Waals surface area (Å²) in [5.41, 5.74) is 3.12. The van der Waals surface area contributed by atoms with Crippen molar-refractivity contribution in [3.63, 3.8) is 0 Å². The Balaban J connectivity index is 2.41. The molecule has 7 heteroatoms. The molecule has 0 saturated carbocycles. The highest BCUT2D eigenvalue weighted by molar-refractivity contribution is 7.98. The Labute approximate surface area is 174 Å². The van der Waals surface area contributed by atoms with Gasteiger partial charge in [0.2, 0.25) is 5.75 Å². The SMILES string of the molecule is COc1cc2c(c(OC)c1OC)-c1ccc(SC)c(=O)cc1[C@H](OC(C)=O)CC2. The molecule has 0 radical (unpaired) electrons. The maximum Gasteiger partial charge on any atom is 0.303 e. The molecule has 0 aromatic heterocycles. The van der Waals surface area contributed by atoms with Crippen molar-refractivity contribution in [1.29, 1.82) is 0 Å². The third kappa shape index (κ3) is 3.92. The first kappa shape index (κ1) is 21.0. The van der Waals surface area contributed by atoms with Crippen LogP contribution in [0.1, 0.15) is 30.6 Å². The highest BCUT2D eigenvalue weighted by Gasteiger charge is 2.30. The van der Waals surface area contributed by atoms with Crippen molar-refractivity contribution >= 4 is 17.7 Å². The number of carbonyl (C=O) groups excluding carboxylic acids is 1. The lowest BCUT2D eigenvalue weighted by Crippen LogP contribution is -2.10. The molecular weight excluding hydrogens is 392 g/mol. The lowest BCUT2D eigenvalue weighted by Gasteiger charge is -2.19. The second kappa shape index (κ2) is 8.78. The van der Waals surface area contributed by atoms with Gasteiger partial charge in [-0.1, -0.05) is 6.07 Å². The molecule has 2 aromatic carbocycles. The molecule has 0 saturated heterocycles. The van der Waals surface area contributed by atoms with Crippen LogP contribution >= 0.6 is 11.8 Å². The van der Waals surface area contributed by atoms with Crippen molar-refractivity contribution < 1.29 is 23.7 Å². The van der Waals surface area contributed by atoms with E-state index in [-0.39, 0.29) is 5.43 Å². The van der Waals surface area contributed by atoms with E-state index in [9.17, 15) is 9.59 Å².